The molecule has 1 aliphatic carbocycles. The van der Waals surface area contributed by atoms with Crippen molar-refractivity contribution in [3.63, 3.8) is 0 Å². The molecule has 7 nitrogen and oxygen atoms in total. The number of para-hydroxylation sites is 1. The highest BCUT2D eigenvalue weighted by atomic mass is 32.2. The number of benzene rings is 2. The molecule has 0 N–H and O–H groups in total. The Kier molecular flexibility index (Phi) is 7.55. The molecule has 2 aromatic rings. The van der Waals surface area contributed by atoms with E-state index in [9.17, 15) is 14.9 Å². The highest BCUT2D eigenvalue weighted by Gasteiger charge is 2.36. The number of anilines is 1. The third kappa shape index (κ3) is 5.33. The molecule has 0 saturated heterocycles. The number of nitrogens with zero attached hydrogens (tertiary/aromatic N) is 3. The van der Waals surface area contributed by atoms with Crippen molar-refractivity contribution in [3.05, 3.63) is 58.1 Å². The highest BCUT2D eigenvalue weighted by molar-refractivity contribution is 8.00. The van der Waals surface area contributed by atoms with E-state index in [0.717, 1.165) is 23.5 Å². The number of hydrogen-bond donors (Lipinski definition) is 0. The van der Waals surface area contributed by atoms with Crippen molar-refractivity contribution in [1.82, 2.24) is 4.90 Å². The van der Waals surface area contributed by atoms with Gasteiger partial charge in [0, 0.05) is 42.1 Å². The van der Waals surface area contributed by atoms with Crippen LogP contribution in [0.4, 0.5) is 11.4 Å². The van der Waals surface area contributed by atoms with Crippen LogP contribution < -0.4 is 9.64 Å². The maximum absolute atomic E-state index is 12.5. The first-order valence-corrected chi connectivity index (χ1v) is 12.5. The summed E-state index contributed by atoms with van der Waals surface area (Å²) in [5.41, 5.74) is 1.47. The van der Waals surface area contributed by atoms with Crippen LogP contribution in [0.5, 0.6) is 5.75 Å². The van der Waals surface area contributed by atoms with Gasteiger partial charge < -0.3 is 9.64 Å². The number of nitro groups is 1. The van der Waals surface area contributed by atoms with Gasteiger partial charge in [-0.05, 0) is 44.5 Å². The van der Waals surface area contributed by atoms with Gasteiger partial charge in [0.1, 0.15) is 11.1 Å². The Bertz CT molecular complexity index is 1010. The molecule has 176 valence electrons. The molecule has 1 fully saturated rings. The number of rotatable bonds is 8. The molecule has 8 heteroatoms. The molecular formula is C25H31N3O4S. The second-order valence-corrected chi connectivity index (χ2v) is 9.90. The maximum atomic E-state index is 12.5. The first-order valence-electron chi connectivity index (χ1n) is 11.6. The zero-order valence-electron chi connectivity index (χ0n) is 19.2. The SMILES string of the molecule is CC(=O)N1c2ccccc2SC1c1cc([N+](=O)[O-])ccc1OCCCN(C)C1CCCCC1. The number of thioether (sulfide) groups is 1. The van der Waals surface area contributed by atoms with E-state index in [1.165, 1.54) is 56.9 Å². The average Bonchev–Trinajstić information content (AvgIpc) is 3.22. The largest absolute Gasteiger partial charge is 0.493 e. The van der Waals surface area contributed by atoms with Gasteiger partial charge in [-0.3, -0.25) is 19.8 Å². The third-order valence-corrected chi connectivity index (χ3v) is 7.81. The molecule has 1 amide bonds. The Hall–Kier alpha value is -2.58. The molecule has 0 bridgehead atoms. The average molecular weight is 470 g/mol. The van der Waals surface area contributed by atoms with Crippen molar-refractivity contribution in [1.29, 1.82) is 0 Å². The zero-order valence-corrected chi connectivity index (χ0v) is 20.1. The van der Waals surface area contributed by atoms with Gasteiger partial charge in [0.2, 0.25) is 5.91 Å². The maximum Gasteiger partial charge on any atom is 0.270 e. The van der Waals surface area contributed by atoms with Crippen molar-refractivity contribution in [2.45, 2.75) is 61.8 Å². The monoisotopic (exact) mass is 469 g/mol. The van der Waals surface area contributed by atoms with Gasteiger partial charge in [-0.1, -0.05) is 43.2 Å². The van der Waals surface area contributed by atoms with E-state index in [1.807, 2.05) is 24.3 Å². The lowest BCUT2D eigenvalue weighted by Gasteiger charge is -2.31. The minimum atomic E-state index is -0.405. The predicted octanol–water partition coefficient (Wildman–Crippen LogP) is 5.79. The number of nitro benzene ring substituents is 1. The number of hydrogen-bond acceptors (Lipinski definition) is 6. The summed E-state index contributed by atoms with van der Waals surface area (Å²) >= 11 is 1.52. The van der Waals surface area contributed by atoms with Gasteiger partial charge in [-0.2, -0.15) is 0 Å². The zero-order chi connectivity index (χ0) is 23.4. The molecule has 0 aromatic heterocycles. The molecule has 4 rings (SSSR count). The molecule has 0 radical (unpaired) electrons. The molecule has 1 atom stereocenters. The summed E-state index contributed by atoms with van der Waals surface area (Å²) in [5.74, 6) is 0.487. The predicted molar refractivity (Wildman–Crippen MR) is 131 cm³/mol. The molecule has 2 aromatic carbocycles. The summed E-state index contributed by atoms with van der Waals surface area (Å²) < 4.78 is 6.15. The lowest BCUT2D eigenvalue weighted by molar-refractivity contribution is -0.384. The van der Waals surface area contributed by atoms with Crippen LogP contribution in [-0.2, 0) is 4.79 Å². The first kappa shape index (κ1) is 23.6. The Morgan fingerprint density at radius 1 is 1.21 bits per heavy atom. The van der Waals surface area contributed by atoms with Crippen LogP contribution in [0.15, 0.2) is 47.4 Å². The minimum absolute atomic E-state index is 0.00515. The van der Waals surface area contributed by atoms with E-state index >= 15 is 0 Å². The first-order chi connectivity index (χ1) is 16.0. The van der Waals surface area contributed by atoms with Gasteiger partial charge in [0.05, 0.1) is 17.2 Å². The number of carbonyl (C=O) groups is 1. The molecule has 33 heavy (non-hydrogen) atoms. The number of ether oxygens (including phenoxy) is 1. The van der Waals surface area contributed by atoms with Crippen LogP contribution >= 0.6 is 11.8 Å². The summed E-state index contributed by atoms with van der Waals surface area (Å²) in [6, 6.07) is 13.0. The Morgan fingerprint density at radius 2 is 1.97 bits per heavy atom. The van der Waals surface area contributed by atoms with Gasteiger partial charge in [-0.15, -0.1) is 0 Å². The topological polar surface area (TPSA) is 75.9 Å². The van der Waals surface area contributed by atoms with Gasteiger partial charge in [-0.25, -0.2) is 0 Å². The van der Waals surface area contributed by atoms with Crippen LogP contribution in [0.2, 0.25) is 0 Å². The fraction of sp³-hybridized carbons (Fsp3) is 0.480. The van der Waals surface area contributed by atoms with Crippen LogP contribution in [0.1, 0.15) is 56.4 Å². The van der Waals surface area contributed by atoms with Crippen LogP contribution in [0.3, 0.4) is 0 Å². The Labute approximate surface area is 199 Å². The van der Waals surface area contributed by atoms with Crippen LogP contribution in [-0.4, -0.2) is 42.0 Å². The lowest BCUT2D eigenvalue weighted by Crippen LogP contribution is -2.34. The van der Waals surface area contributed by atoms with E-state index in [-0.39, 0.29) is 11.6 Å². The Balaban J connectivity index is 1.50. The summed E-state index contributed by atoms with van der Waals surface area (Å²) in [6.45, 7) is 3.00. The van der Waals surface area contributed by atoms with Crippen molar-refractivity contribution >= 4 is 29.0 Å². The van der Waals surface area contributed by atoms with Crippen molar-refractivity contribution in [3.8, 4) is 5.75 Å². The number of carbonyl (C=O) groups excluding carboxylic acids is 1. The van der Waals surface area contributed by atoms with E-state index in [2.05, 4.69) is 11.9 Å². The molecule has 1 saturated carbocycles. The van der Waals surface area contributed by atoms with E-state index in [1.54, 1.807) is 17.0 Å². The molecule has 1 unspecified atom stereocenters. The summed E-state index contributed by atoms with van der Waals surface area (Å²) in [7, 11) is 2.18. The second kappa shape index (κ2) is 10.6. The normalized spacial score (nSPS) is 18.4. The molecule has 0 spiro atoms. The van der Waals surface area contributed by atoms with Crippen molar-refractivity contribution < 1.29 is 14.5 Å². The number of fused-ring (bicyclic) bond motifs is 1. The van der Waals surface area contributed by atoms with Crippen molar-refractivity contribution in [2.75, 3.05) is 25.1 Å². The fourth-order valence-electron chi connectivity index (χ4n) is 4.77. The number of non-ortho nitro benzene ring substituents is 1. The van der Waals surface area contributed by atoms with Crippen LogP contribution in [0.25, 0.3) is 0 Å². The Morgan fingerprint density at radius 3 is 2.70 bits per heavy atom. The van der Waals surface area contributed by atoms with E-state index < -0.39 is 10.3 Å². The smallest absolute Gasteiger partial charge is 0.270 e. The summed E-state index contributed by atoms with van der Waals surface area (Å²) in [6.07, 6.45) is 7.38. The van der Waals surface area contributed by atoms with Crippen LogP contribution in [0, 0.1) is 10.1 Å². The standard InChI is InChI=1S/C25H31N3O4S/c1-18(29)27-22-11-6-7-12-24(22)33-25(27)21-17-20(28(30)31)13-14-23(21)32-16-8-15-26(2)19-9-4-3-5-10-19/h6-7,11-14,17,19,25H,3-5,8-10,15-16H2,1-2H3. The summed E-state index contributed by atoms with van der Waals surface area (Å²) in [5, 5.41) is 11.1. The highest BCUT2D eigenvalue weighted by Crippen LogP contribution is 2.53. The van der Waals surface area contributed by atoms with Crippen molar-refractivity contribution in [2.24, 2.45) is 0 Å². The molecule has 1 aliphatic heterocycles. The lowest BCUT2D eigenvalue weighted by atomic mass is 9.94. The quantitative estimate of drug-likeness (QED) is 0.277. The molecule has 1 heterocycles. The summed E-state index contributed by atoms with van der Waals surface area (Å²) in [4.78, 5) is 28.7. The third-order valence-electron chi connectivity index (χ3n) is 6.52. The fourth-order valence-corrected chi connectivity index (χ4v) is 6.13. The van der Waals surface area contributed by atoms with Gasteiger partial charge >= 0.3 is 0 Å². The number of amides is 1. The second-order valence-electron chi connectivity index (χ2n) is 8.78. The van der Waals surface area contributed by atoms with E-state index in [0.29, 0.717) is 24.0 Å². The van der Waals surface area contributed by atoms with E-state index in [4.69, 9.17) is 4.74 Å². The van der Waals surface area contributed by atoms with Gasteiger partial charge in [0.15, 0.2) is 0 Å². The molecule has 2 aliphatic rings. The minimum Gasteiger partial charge on any atom is -0.493 e. The van der Waals surface area contributed by atoms with Gasteiger partial charge in [0.25, 0.3) is 5.69 Å². The molecular weight excluding hydrogens is 438 g/mol.